The van der Waals surface area contributed by atoms with Crippen molar-refractivity contribution < 1.29 is 27.5 Å². The van der Waals surface area contributed by atoms with Gasteiger partial charge in [0.1, 0.15) is 11.7 Å². The highest BCUT2D eigenvalue weighted by Gasteiger charge is 2.70. The summed E-state index contributed by atoms with van der Waals surface area (Å²) in [6, 6.07) is -0.418. The second kappa shape index (κ2) is 5.54. The molecule has 1 N–H and O–H groups in total. The largest absolute Gasteiger partial charge is 0.461 e. The Kier molecular flexibility index (Phi) is 3.77. The van der Waals surface area contributed by atoms with E-state index in [4.69, 9.17) is 9.47 Å². The molecule has 138 valence electrons. The van der Waals surface area contributed by atoms with Crippen LogP contribution in [0.25, 0.3) is 0 Å². The van der Waals surface area contributed by atoms with E-state index in [9.17, 15) is 18.0 Å². The normalized spacial score (nSPS) is 46.2. The molecule has 0 aromatic heterocycles. The molecule has 0 spiro atoms. The van der Waals surface area contributed by atoms with Crippen molar-refractivity contribution in [3.8, 4) is 0 Å². The monoisotopic (exact) mass is 369 g/mol. The van der Waals surface area contributed by atoms with Crippen molar-refractivity contribution in [3.63, 3.8) is 0 Å². The van der Waals surface area contributed by atoms with Gasteiger partial charge in [0.15, 0.2) is 0 Å². The minimum absolute atomic E-state index is 0.202. The molecule has 8 heteroatoms. The molecule has 3 fully saturated rings. The standard InChI is InChI=1S/C17H23NO6S/c1-9(19)23-14-10-8-11-13(14)18-25(21,22)15(11)12(10)16(20)24-17(2)6-4-3-5-7-17/h4,6,10-15,18H,3,5,7-8H2,1-2H3. The molecule has 25 heavy (non-hydrogen) atoms. The lowest BCUT2D eigenvalue weighted by molar-refractivity contribution is -0.167. The molecule has 0 amide bonds. The zero-order chi connectivity index (χ0) is 18.0. The second-order valence-corrected chi connectivity index (χ2v) is 9.71. The summed E-state index contributed by atoms with van der Waals surface area (Å²) in [6.07, 6.45) is 6.45. The molecule has 7 nitrogen and oxygen atoms in total. The summed E-state index contributed by atoms with van der Waals surface area (Å²) in [6.45, 7) is 3.15. The van der Waals surface area contributed by atoms with Crippen LogP contribution >= 0.6 is 0 Å². The number of allylic oxidation sites excluding steroid dienone is 1. The first-order chi connectivity index (χ1) is 11.7. The van der Waals surface area contributed by atoms with Gasteiger partial charge in [-0.25, -0.2) is 13.1 Å². The van der Waals surface area contributed by atoms with Crippen LogP contribution in [0.15, 0.2) is 12.2 Å². The van der Waals surface area contributed by atoms with Crippen LogP contribution in [0.3, 0.4) is 0 Å². The molecule has 0 aromatic carbocycles. The van der Waals surface area contributed by atoms with E-state index in [1.807, 2.05) is 19.1 Å². The summed E-state index contributed by atoms with van der Waals surface area (Å²) in [5, 5.41) is -0.780. The quantitative estimate of drug-likeness (QED) is 0.586. The number of carbonyl (C=O) groups is 2. The number of ether oxygens (including phenoxy) is 2. The highest BCUT2D eigenvalue weighted by molar-refractivity contribution is 7.90. The van der Waals surface area contributed by atoms with Crippen molar-refractivity contribution >= 4 is 22.0 Å². The molecule has 7 atom stereocenters. The first-order valence-electron chi connectivity index (χ1n) is 8.81. The molecule has 0 radical (unpaired) electrons. The van der Waals surface area contributed by atoms with Crippen LogP contribution in [0.1, 0.15) is 39.5 Å². The number of esters is 2. The molecule has 4 rings (SSSR count). The van der Waals surface area contributed by atoms with Gasteiger partial charge in [0.25, 0.3) is 0 Å². The molecule has 0 aromatic rings. The van der Waals surface area contributed by atoms with Gasteiger partial charge in [-0.05, 0) is 44.6 Å². The molecule has 2 bridgehead atoms. The minimum atomic E-state index is -3.62. The Morgan fingerprint density at radius 1 is 1.28 bits per heavy atom. The van der Waals surface area contributed by atoms with Gasteiger partial charge < -0.3 is 9.47 Å². The number of fused-ring (bicyclic) bond motifs is 1. The van der Waals surface area contributed by atoms with E-state index < -0.39 is 50.9 Å². The Morgan fingerprint density at radius 3 is 2.68 bits per heavy atom. The summed E-state index contributed by atoms with van der Waals surface area (Å²) in [5.74, 6) is -2.24. The van der Waals surface area contributed by atoms with Crippen molar-refractivity contribution in [2.45, 2.75) is 62.5 Å². The molecule has 2 saturated carbocycles. The van der Waals surface area contributed by atoms with Crippen molar-refractivity contribution in [1.29, 1.82) is 0 Å². The minimum Gasteiger partial charge on any atom is -0.461 e. The lowest BCUT2D eigenvalue weighted by atomic mass is 9.83. The smallest absolute Gasteiger partial charge is 0.311 e. The third-order valence-corrected chi connectivity index (χ3v) is 8.06. The van der Waals surface area contributed by atoms with E-state index in [-0.39, 0.29) is 11.8 Å². The number of hydrogen-bond acceptors (Lipinski definition) is 6. The maximum absolute atomic E-state index is 12.9. The lowest BCUT2D eigenvalue weighted by Crippen LogP contribution is -2.48. The molecular weight excluding hydrogens is 346 g/mol. The van der Waals surface area contributed by atoms with Crippen molar-refractivity contribution in [2.24, 2.45) is 17.8 Å². The Morgan fingerprint density at radius 2 is 2.04 bits per heavy atom. The Balaban J connectivity index is 1.62. The average Bonchev–Trinajstić information content (AvgIpc) is 3.09. The fraction of sp³-hybridized carbons (Fsp3) is 0.765. The van der Waals surface area contributed by atoms with Crippen LogP contribution < -0.4 is 4.72 Å². The Bertz CT molecular complexity index is 746. The molecule has 4 aliphatic rings. The summed E-state index contributed by atoms with van der Waals surface area (Å²) >= 11 is 0. The van der Waals surface area contributed by atoms with E-state index in [1.165, 1.54) is 6.92 Å². The van der Waals surface area contributed by atoms with Crippen molar-refractivity contribution in [2.75, 3.05) is 0 Å². The SMILES string of the molecule is CC(=O)OC1C2CC3C1NS(=O)(=O)C3C2C(=O)OC1(C)C=CCCC1. The third-order valence-electron chi connectivity index (χ3n) is 6.10. The van der Waals surface area contributed by atoms with Gasteiger partial charge >= 0.3 is 11.9 Å². The molecule has 3 aliphatic carbocycles. The lowest BCUT2D eigenvalue weighted by Gasteiger charge is -2.34. The van der Waals surface area contributed by atoms with Gasteiger partial charge in [-0.2, -0.15) is 0 Å². The summed E-state index contributed by atoms with van der Waals surface area (Å²) in [7, 11) is -3.62. The predicted octanol–water partition coefficient (Wildman–Crippen LogP) is 0.896. The number of rotatable bonds is 3. The maximum Gasteiger partial charge on any atom is 0.311 e. The van der Waals surface area contributed by atoms with Gasteiger partial charge in [-0.1, -0.05) is 6.08 Å². The van der Waals surface area contributed by atoms with Crippen LogP contribution in [-0.2, 0) is 29.1 Å². The number of sulfonamides is 1. The van der Waals surface area contributed by atoms with Crippen LogP contribution in [0.5, 0.6) is 0 Å². The highest BCUT2D eigenvalue weighted by atomic mass is 32.2. The Hall–Kier alpha value is -1.41. The van der Waals surface area contributed by atoms with E-state index in [0.29, 0.717) is 6.42 Å². The maximum atomic E-state index is 12.9. The topological polar surface area (TPSA) is 98.8 Å². The van der Waals surface area contributed by atoms with Crippen LogP contribution in [0, 0.1) is 17.8 Å². The first-order valence-corrected chi connectivity index (χ1v) is 10.4. The Labute approximate surface area is 147 Å². The fourth-order valence-electron chi connectivity index (χ4n) is 5.18. The summed E-state index contributed by atoms with van der Waals surface area (Å²) in [4.78, 5) is 24.4. The number of carbonyl (C=O) groups excluding carboxylic acids is 2. The number of hydrogen-bond donors (Lipinski definition) is 1. The van der Waals surface area contributed by atoms with Crippen molar-refractivity contribution in [1.82, 2.24) is 4.72 Å². The van der Waals surface area contributed by atoms with Gasteiger partial charge in [0, 0.05) is 12.8 Å². The predicted molar refractivity (Wildman–Crippen MR) is 87.8 cm³/mol. The van der Waals surface area contributed by atoms with Crippen molar-refractivity contribution in [3.05, 3.63) is 12.2 Å². The summed E-state index contributed by atoms with van der Waals surface area (Å²) < 4.78 is 38.8. The fourth-order valence-corrected chi connectivity index (χ4v) is 7.47. The first kappa shape index (κ1) is 17.0. The van der Waals surface area contributed by atoms with Crippen LogP contribution in [-0.4, -0.2) is 43.4 Å². The molecule has 1 heterocycles. The summed E-state index contributed by atoms with van der Waals surface area (Å²) in [5.41, 5.74) is -0.691. The van der Waals surface area contributed by atoms with Gasteiger partial charge in [-0.3, -0.25) is 9.59 Å². The van der Waals surface area contributed by atoms with E-state index in [2.05, 4.69) is 4.72 Å². The van der Waals surface area contributed by atoms with E-state index >= 15 is 0 Å². The average molecular weight is 369 g/mol. The van der Waals surface area contributed by atoms with Gasteiger partial charge in [-0.15, -0.1) is 0 Å². The van der Waals surface area contributed by atoms with Crippen LogP contribution in [0.4, 0.5) is 0 Å². The molecular formula is C17H23NO6S. The van der Waals surface area contributed by atoms with Gasteiger partial charge in [0.05, 0.1) is 17.2 Å². The molecule has 1 aliphatic heterocycles. The van der Waals surface area contributed by atoms with Gasteiger partial charge in [0.2, 0.25) is 10.0 Å². The van der Waals surface area contributed by atoms with E-state index in [1.54, 1.807) is 0 Å². The zero-order valence-electron chi connectivity index (χ0n) is 14.3. The van der Waals surface area contributed by atoms with E-state index in [0.717, 1.165) is 19.3 Å². The number of nitrogens with one attached hydrogen (secondary N) is 1. The molecule has 7 unspecified atom stereocenters. The van der Waals surface area contributed by atoms with Crippen LogP contribution in [0.2, 0.25) is 0 Å². The zero-order valence-corrected chi connectivity index (χ0v) is 15.1. The molecule has 1 saturated heterocycles. The second-order valence-electron chi connectivity index (χ2n) is 7.84. The third kappa shape index (κ3) is 2.61. The highest BCUT2D eigenvalue weighted by Crippen LogP contribution is 2.56.